The quantitative estimate of drug-likeness (QED) is 0.764. The summed E-state index contributed by atoms with van der Waals surface area (Å²) in [7, 11) is 1.87. The molecule has 2 N–H and O–H groups in total. The van der Waals surface area contributed by atoms with Crippen molar-refractivity contribution in [3.05, 3.63) is 11.5 Å². The number of thiazole rings is 1. The summed E-state index contributed by atoms with van der Waals surface area (Å²) in [5.41, 5.74) is 6.53. The van der Waals surface area contributed by atoms with Crippen LogP contribution in [0.1, 0.15) is 11.5 Å². The summed E-state index contributed by atoms with van der Waals surface area (Å²) in [5, 5.41) is 4.75. The van der Waals surface area contributed by atoms with Crippen molar-refractivity contribution in [1.82, 2.24) is 19.7 Å². The van der Waals surface area contributed by atoms with Gasteiger partial charge in [-0.1, -0.05) is 11.3 Å². The number of aromatic nitrogens is 4. The highest BCUT2D eigenvalue weighted by molar-refractivity contribution is 7.18. The fourth-order valence-electron chi connectivity index (χ4n) is 1.33. The molecule has 0 radical (unpaired) electrons. The minimum absolute atomic E-state index is 0.568. The number of nitrogens with two attached hydrogens (primary N) is 1. The first-order valence-corrected chi connectivity index (χ1v) is 5.00. The van der Waals surface area contributed by atoms with E-state index < -0.39 is 0 Å². The van der Waals surface area contributed by atoms with Crippen molar-refractivity contribution in [2.24, 2.45) is 7.05 Å². The SMILES string of the molecule is Cc1nc(-c2sc(N)nc2C)n(C)n1. The summed E-state index contributed by atoms with van der Waals surface area (Å²) in [4.78, 5) is 9.47. The molecular weight excluding hydrogens is 198 g/mol. The largest absolute Gasteiger partial charge is 0.375 e. The van der Waals surface area contributed by atoms with E-state index in [9.17, 15) is 0 Å². The van der Waals surface area contributed by atoms with E-state index in [1.807, 2.05) is 20.9 Å². The molecule has 0 aromatic carbocycles. The van der Waals surface area contributed by atoms with Crippen molar-refractivity contribution in [2.45, 2.75) is 13.8 Å². The van der Waals surface area contributed by atoms with Gasteiger partial charge in [0, 0.05) is 7.05 Å². The van der Waals surface area contributed by atoms with Gasteiger partial charge in [-0.3, -0.25) is 0 Å². The summed E-state index contributed by atoms with van der Waals surface area (Å²) in [5.74, 6) is 1.59. The third kappa shape index (κ3) is 1.37. The van der Waals surface area contributed by atoms with Crippen molar-refractivity contribution < 1.29 is 0 Å². The van der Waals surface area contributed by atoms with Crippen LogP contribution in [0.3, 0.4) is 0 Å². The number of anilines is 1. The molecule has 2 heterocycles. The minimum atomic E-state index is 0.568. The number of nitrogen functional groups attached to an aromatic ring is 1. The van der Waals surface area contributed by atoms with E-state index in [2.05, 4.69) is 15.1 Å². The lowest BCUT2D eigenvalue weighted by molar-refractivity contribution is 0.764. The molecule has 0 aliphatic carbocycles. The van der Waals surface area contributed by atoms with Crippen LogP contribution >= 0.6 is 11.3 Å². The molecule has 0 aliphatic rings. The topological polar surface area (TPSA) is 69.6 Å². The number of aryl methyl sites for hydroxylation is 3. The van der Waals surface area contributed by atoms with Crippen molar-refractivity contribution in [2.75, 3.05) is 5.73 Å². The zero-order valence-electron chi connectivity index (χ0n) is 8.27. The Kier molecular flexibility index (Phi) is 1.99. The Hall–Kier alpha value is -1.43. The summed E-state index contributed by atoms with van der Waals surface area (Å²) in [6.07, 6.45) is 0. The molecule has 0 fully saturated rings. The molecule has 0 saturated carbocycles. The van der Waals surface area contributed by atoms with E-state index in [0.717, 1.165) is 22.2 Å². The summed E-state index contributed by atoms with van der Waals surface area (Å²) in [6, 6.07) is 0. The Morgan fingerprint density at radius 3 is 2.43 bits per heavy atom. The van der Waals surface area contributed by atoms with E-state index in [1.54, 1.807) is 4.68 Å². The highest BCUT2D eigenvalue weighted by Gasteiger charge is 2.13. The van der Waals surface area contributed by atoms with E-state index >= 15 is 0 Å². The van der Waals surface area contributed by atoms with Crippen LogP contribution in [0.25, 0.3) is 10.7 Å². The van der Waals surface area contributed by atoms with Crippen LogP contribution in [0.4, 0.5) is 5.13 Å². The maximum Gasteiger partial charge on any atom is 0.180 e. The van der Waals surface area contributed by atoms with E-state index in [4.69, 9.17) is 5.73 Å². The van der Waals surface area contributed by atoms with Gasteiger partial charge in [0.05, 0.1) is 10.6 Å². The first kappa shape index (κ1) is 9.14. The molecular formula is C8H11N5S. The van der Waals surface area contributed by atoms with Crippen LogP contribution in [-0.4, -0.2) is 19.7 Å². The van der Waals surface area contributed by atoms with E-state index in [-0.39, 0.29) is 0 Å². The van der Waals surface area contributed by atoms with Gasteiger partial charge in [-0.15, -0.1) is 0 Å². The van der Waals surface area contributed by atoms with Crippen molar-refractivity contribution in [3.8, 4) is 10.7 Å². The molecule has 0 saturated heterocycles. The molecule has 14 heavy (non-hydrogen) atoms. The molecule has 2 aromatic rings. The summed E-state index contributed by atoms with van der Waals surface area (Å²) < 4.78 is 1.75. The van der Waals surface area contributed by atoms with Crippen LogP contribution in [0, 0.1) is 13.8 Å². The van der Waals surface area contributed by atoms with Crippen LogP contribution in [0.5, 0.6) is 0 Å². The Labute approximate surface area is 85.6 Å². The molecule has 0 bridgehead atoms. The van der Waals surface area contributed by atoms with E-state index in [1.165, 1.54) is 11.3 Å². The van der Waals surface area contributed by atoms with Crippen LogP contribution in [-0.2, 0) is 7.05 Å². The molecule has 6 heteroatoms. The van der Waals surface area contributed by atoms with Gasteiger partial charge in [0.1, 0.15) is 5.82 Å². The first-order chi connectivity index (χ1) is 6.58. The molecule has 0 spiro atoms. The van der Waals surface area contributed by atoms with Gasteiger partial charge in [0.2, 0.25) is 0 Å². The number of hydrogen-bond acceptors (Lipinski definition) is 5. The van der Waals surface area contributed by atoms with Crippen LogP contribution in [0.2, 0.25) is 0 Å². The van der Waals surface area contributed by atoms with Gasteiger partial charge in [-0.25, -0.2) is 14.6 Å². The molecule has 0 aliphatic heterocycles. The van der Waals surface area contributed by atoms with Gasteiger partial charge in [-0.2, -0.15) is 5.10 Å². The molecule has 5 nitrogen and oxygen atoms in total. The average molecular weight is 209 g/mol. The molecule has 2 aromatic heterocycles. The first-order valence-electron chi connectivity index (χ1n) is 4.19. The second kappa shape index (κ2) is 3.06. The molecule has 74 valence electrons. The Balaban J connectivity index is 2.59. The van der Waals surface area contributed by atoms with E-state index in [0.29, 0.717) is 5.13 Å². The van der Waals surface area contributed by atoms with Crippen molar-refractivity contribution in [3.63, 3.8) is 0 Å². The normalized spacial score (nSPS) is 10.8. The Morgan fingerprint density at radius 1 is 1.29 bits per heavy atom. The predicted octanol–water partition coefficient (Wildman–Crippen LogP) is 1.14. The zero-order valence-corrected chi connectivity index (χ0v) is 9.09. The minimum Gasteiger partial charge on any atom is -0.375 e. The standard InChI is InChI=1S/C8H11N5S/c1-4-6(14-8(9)10-4)7-11-5(2)12-13(7)3/h1-3H3,(H2,9,10). The summed E-state index contributed by atoms with van der Waals surface area (Å²) in [6.45, 7) is 3.79. The smallest absolute Gasteiger partial charge is 0.180 e. The van der Waals surface area contributed by atoms with Gasteiger partial charge >= 0.3 is 0 Å². The average Bonchev–Trinajstić information content (AvgIpc) is 2.55. The fourth-order valence-corrected chi connectivity index (χ4v) is 2.19. The Bertz CT molecular complexity index is 426. The highest BCUT2D eigenvalue weighted by Crippen LogP contribution is 2.29. The molecule has 0 atom stereocenters. The van der Waals surface area contributed by atoms with Crippen molar-refractivity contribution >= 4 is 16.5 Å². The number of rotatable bonds is 1. The lowest BCUT2D eigenvalue weighted by Gasteiger charge is -1.95. The van der Waals surface area contributed by atoms with Gasteiger partial charge in [0.15, 0.2) is 11.0 Å². The van der Waals surface area contributed by atoms with Crippen LogP contribution < -0.4 is 5.73 Å². The fraction of sp³-hybridized carbons (Fsp3) is 0.375. The molecule has 2 rings (SSSR count). The van der Waals surface area contributed by atoms with Gasteiger partial charge in [0.25, 0.3) is 0 Å². The Morgan fingerprint density at radius 2 is 2.00 bits per heavy atom. The number of nitrogens with zero attached hydrogens (tertiary/aromatic N) is 4. The van der Waals surface area contributed by atoms with Gasteiger partial charge in [-0.05, 0) is 13.8 Å². The number of hydrogen-bond donors (Lipinski definition) is 1. The second-order valence-electron chi connectivity index (χ2n) is 3.07. The van der Waals surface area contributed by atoms with Gasteiger partial charge < -0.3 is 5.73 Å². The van der Waals surface area contributed by atoms with Crippen molar-refractivity contribution in [1.29, 1.82) is 0 Å². The second-order valence-corrected chi connectivity index (χ2v) is 4.10. The predicted molar refractivity (Wildman–Crippen MR) is 56.0 cm³/mol. The maximum atomic E-state index is 5.62. The molecule has 0 amide bonds. The van der Waals surface area contributed by atoms with Crippen LogP contribution in [0.15, 0.2) is 0 Å². The third-order valence-corrected chi connectivity index (χ3v) is 2.87. The lowest BCUT2D eigenvalue weighted by Crippen LogP contribution is -1.94. The monoisotopic (exact) mass is 209 g/mol. The maximum absolute atomic E-state index is 5.62. The molecule has 0 unspecified atom stereocenters. The summed E-state index contributed by atoms with van der Waals surface area (Å²) >= 11 is 1.44. The third-order valence-electron chi connectivity index (χ3n) is 1.89. The lowest BCUT2D eigenvalue weighted by atomic mass is 10.4. The zero-order chi connectivity index (χ0) is 10.3. The highest BCUT2D eigenvalue weighted by atomic mass is 32.1.